The first-order valence-corrected chi connectivity index (χ1v) is 8.65. The van der Waals surface area contributed by atoms with Gasteiger partial charge in [0.25, 0.3) is 0 Å². The van der Waals surface area contributed by atoms with Crippen molar-refractivity contribution in [2.45, 2.75) is 23.5 Å². The van der Waals surface area contributed by atoms with Gasteiger partial charge < -0.3 is 5.73 Å². The Hall–Kier alpha value is -2.13. The molecule has 3 heteroatoms. The van der Waals surface area contributed by atoms with Crippen LogP contribution in [-0.4, -0.2) is 4.21 Å². The molecule has 112 valence electrons. The molecule has 2 nitrogen and oxygen atoms in total. The van der Waals surface area contributed by atoms with Gasteiger partial charge in [0.2, 0.25) is 0 Å². The monoisotopic (exact) mass is 309 g/mol. The van der Waals surface area contributed by atoms with Crippen LogP contribution >= 0.6 is 0 Å². The van der Waals surface area contributed by atoms with Crippen molar-refractivity contribution in [3.05, 3.63) is 72.3 Å². The van der Waals surface area contributed by atoms with Crippen molar-refractivity contribution in [2.75, 3.05) is 5.73 Å². The van der Waals surface area contributed by atoms with Gasteiger partial charge in [-0.25, -0.2) is 0 Å². The van der Waals surface area contributed by atoms with Crippen LogP contribution in [-0.2, 0) is 10.8 Å². The molecular formula is C19H19NOS. The number of para-hydroxylation sites is 1. The first kappa shape index (κ1) is 14.8. The molecule has 2 N–H and O–H groups in total. The Balaban J connectivity index is 2.02. The van der Waals surface area contributed by atoms with E-state index in [-0.39, 0.29) is 5.25 Å². The zero-order chi connectivity index (χ0) is 15.5. The smallest absolute Gasteiger partial charge is 0.0642 e. The van der Waals surface area contributed by atoms with Gasteiger partial charge in [0.1, 0.15) is 0 Å². The number of rotatable bonds is 4. The summed E-state index contributed by atoms with van der Waals surface area (Å²) in [4.78, 5) is 0.725. The number of nitrogen functional groups attached to an aromatic ring is 1. The second-order valence-electron chi connectivity index (χ2n) is 5.34. The molecule has 0 aliphatic carbocycles. The normalized spacial score (nSPS) is 13.9. The van der Waals surface area contributed by atoms with E-state index in [1.165, 1.54) is 10.8 Å². The zero-order valence-corrected chi connectivity index (χ0v) is 13.3. The molecule has 0 spiro atoms. The van der Waals surface area contributed by atoms with Crippen molar-refractivity contribution < 1.29 is 4.21 Å². The molecule has 3 aromatic rings. The second-order valence-corrected chi connectivity index (χ2v) is 6.94. The molecule has 2 atom stereocenters. The van der Waals surface area contributed by atoms with Crippen LogP contribution in [0.1, 0.15) is 24.2 Å². The summed E-state index contributed by atoms with van der Waals surface area (Å²) in [7, 11) is -1.15. The van der Waals surface area contributed by atoms with Gasteiger partial charge >= 0.3 is 0 Å². The SMILES string of the molecule is CC[C@@H](c1ccc2ccccc2c1)[S@@](=O)c1ccccc1N. The Morgan fingerprint density at radius 3 is 2.36 bits per heavy atom. The average molecular weight is 309 g/mol. The fraction of sp³-hybridized carbons (Fsp3) is 0.158. The molecule has 0 amide bonds. The van der Waals surface area contributed by atoms with Gasteiger partial charge in [-0.3, -0.25) is 4.21 Å². The molecule has 0 unspecified atom stereocenters. The maximum Gasteiger partial charge on any atom is 0.0642 e. The van der Waals surface area contributed by atoms with Crippen LogP contribution in [0.4, 0.5) is 5.69 Å². The Labute approximate surface area is 133 Å². The summed E-state index contributed by atoms with van der Waals surface area (Å²) in [6, 6.07) is 22.0. The Bertz CT molecular complexity index is 828. The minimum absolute atomic E-state index is 0.0469. The van der Waals surface area contributed by atoms with E-state index in [1.807, 2.05) is 30.3 Å². The summed E-state index contributed by atoms with van der Waals surface area (Å²) in [5, 5.41) is 2.33. The number of hydrogen-bond acceptors (Lipinski definition) is 2. The minimum Gasteiger partial charge on any atom is -0.398 e. The highest BCUT2D eigenvalue weighted by Crippen LogP contribution is 2.32. The van der Waals surface area contributed by atoms with Crippen LogP contribution in [0.3, 0.4) is 0 Å². The van der Waals surface area contributed by atoms with Gasteiger partial charge in [0.15, 0.2) is 0 Å². The van der Waals surface area contributed by atoms with Gasteiger partial charge in [-0.2, -0.15) is 0 Å². The summed E-state index contributed by atoms with van der Waals surface area (Å²) in [5.74, 6) is 0. The van der Waals surface area contributed by atoms with Crippen molar-refractivity contribution in [1.29, 1.82) is 0 Å². The molecule has 0 radical (unpaired) electrons. The van der Waals surface area contributed by atoms with Crippen LogP contribution in [0.15, 0.2) is 71.6 Å². The number of hydrogen-bond donors (Lipinski definition) is 1. The topological polar surface area (TPSA) is 43.1 Å². The number of nitrogens with two attached hydrogens (primary N) is 1. The van der Waals surface area contributed by atoms with E-state index < -0.39 is 10.8 Å². The lowest BCUT2D eigenvalue weighted by Crippen LogP contribution is -2.08. The molecule has 0 aliphatic rings. The summed E-state index contributed by atoms with van der Waals surface area (Å²) >= 11 is 0. The van der Waals surface area contributed by atoms with Gasteiger partial charge in [0.05, 0.1) is 20.9 Å². The van der Waals surface area contributed by atoms with Crippen molar-refractivity contribution in [3.63, 3.8) is 0 Å². The second kappa shape index (κ2) is 6.32. The van der Waals surface area contributed by atoms with Crippen molar-refractivity contribution in [2.24, 2.45) is 0 Å². The van der Waals surface area contributed by atoms with Crippen LogP contribution in [0.5, 0.6) is 0 Å². The van der Waals surface area contributed by atoms with Crippen molar-refractivity contribution in [3.8, 4) is 0 Å². The molecule has 0 saturated heterocycles. The molecule has 22 heavy (non-hydrogen) atoms. The van der Waals surface area contributed by atoms with Crippen LogP contribution in [0, 0.1) is 0 Å². The lowest BCUT2D eigenvalue weighted by atomic mass is 10.0. The third-order valence-corrected chi connectivity index (χ3v) is 5.84. The lowest BCUT2D eigenvalue weighted by Gasteiger charge is -2.17. The first-order valence-electron chi connectivity index (χ1n) is 7.44. The largest absolute Gasteiger partial charge is 0.398 e. The molecule has 3 rings (SSSR count). The first-order chi connectivity index (χ1) is 10.7. The molecule has 0 saturated carbocycles. The maximum absolute atomic E-state index is 13.0. The summed E-state index contributed by atoms with van der Waals surface area (Å²) in [5.41, 5.74) is 7.69. The van der Waals surface area contributed by atoms with E-state index in [4.69, 9.17) is 5.73 Å². The molecule has 0 aromatic heterocycles. The highest BCUT2D eigenvalue weighted by Gasteiger charge is 2.20. The fourth-order valence-electron chi connectivity index (χ4n) is 2.74. The summed E-state index contributed by atoms with van der Waals surface area (Å²) < 4.78 is 13.0. The zero-order valence-electron chi connectivity index (χ0n) is 12.5. The Morgan fingerprint density at radius 1 is 0.955 bits per heavy atom. The van der Waals surface area contributed by atoms with Gasteiger partial charge in [-0.15, -0.1) is 0 Å². The van der Waals surface area contributed by atoms with E-state index >= 15 is 0 Å². The average Bonchev–Trinajstić information content (AvgIpc) is 2.55. The third kappa shape index (κ3) is 2.77. The van der Waals surface area contributed by atoms with Crippen molar-refractivity contribution in [1.82, 2.24) is 0 Å². The van der Waals surface area contributed by atoms with Gasteiger partial charge in [0, 0.05) is 5.69 Å². The van der Waals surface area contributed by atoms with Crippen molar-refractivity contribution >= 4 is 27.3 Å². The van der Waals surface area contributed by atoms with E-state index in [9.17, 15) is 4.21 Å². The predicted octanol–water partition coefficient (Wildman–Crippen LogP) is 4.68. The van der Waals surface area contributed by atoms with E-state index in [0.29, 0.717) is 5.69 Å². The van der Waals surface area contributed by atoms with Crippen LogP contribution in [0.25, 0.3) is 10.8 Å². The number of fused-ring (bicyclic) bond motifs is 1. The third-order valence-electron chi connectivity index (χ3n) is 3.91. The fourth-order valence-corrected chi connectivity index (χ4v) is 4.25. The van der Waals surface area contributed by atoms with Gasteiger partial charge in [-0.05, 0) is 41.0 Å². The van der Waals surface area contributed by atoms with Crippen LogP contribution < -0.4 is 5.73 Å². The van der Waals surface area contributed by atoms with E-state index in [1.54, 1.807) is 6.07 Å². The predicted molar refractivity (Wildman–Crippen MR) is 94.2 cm³/mol. The standard InChI is InChI=1S/C19H19NOS/c1-2-18(22(21)19-10-6-5-9-17(19)20)16-12-11-14-7-3-4-8-15(14)13-16/h3-13,18H,2,20H2,1H3/t18-,22+/m0/s1. The van der Waals surface area contributed by atoms with E-state index in [2.05, 4.69) is 37.3 Å². The highest BCUT2D eigenvalue weighted by atomic mass is 32.2. The Morgan fingerprint density at radius 2 is 1.64 bits per heavy atom. The maximum atomic E-state index is 13.0. The molecule has 0 bridgehead atoms. The number of anilines is 1. The molecule has 0 aliphatic heterocycles. The van der Waals surface area contributed by atoms with Gasteiger partial charge in [-0.1, -0.05) is 55.5 Å². The lowest BCUT2D eigenvalue weighted by molar-refractivity contribution is 0.669. The number of benzene rings is 3. The summed E-state index contributed by atoms with van der Waals surface area (Å²) in [6.07, 6.45) is 0.805. The Kier molecular flexibility index (Phi) is 4.25. The molecule has 0 heterocycles. The highest BCUT2D eigenvalue weighted by molar-refractivity contribution is 7.85. The molecule has 3 aromatic carbocycles. The molecule has 0 fully saturated rings. The summed E-state index contributed by atoms with van der Waals surface area (Å²) in [6.45, 7) is 2.07. The van der Waals surface area contributed by atoms with Crippen LogP contribution in [0.2, 0.25) is 0 Å². The molecular weight excluding hydrogens is 290 g/mol. The van der Waals surface area contributed by atoms with E-state index in [0.717, 1.165) is 16.9 Å². The minimum atomic E-state index is -1.15. The quantitative estimate of drug-likeness (QED) is 0.711.